The predicted octanol–water partition coefficient (Wildman–Crippen LogP) is 5.36. The van der Waals surface area contributed by atoms with Crippen molar-refractivity contribution < 1.29 is 28.2 Å². The van der Waals surface area contributed by atoms with Crippen molar-refractivity contribution >= 4 is 35.5 Å². The molecule has 3 aromatic carbocycles. The summed E-state index contributed by atoms with van der Waals surface area (Å²) in [6.07, 6.45) is 1.46. The molecule has 33 heavy (non-hydrogen) atoms. The number of halogens is 2. The largest absolute Gasteiger partial charge is 0.493 e. The van der Waals surface area contributed by atoms with Crippen molar-refractivity contribution in [3.8, 4) is 11.5 Å². The molecule has 0 fully saturated rings. The SMILES string of the molecule is COc1cc(/C=C2\N=C(c3ccc(F)cc3)OC2=O)cc(Cl)c1OC(=O)c1ccccc1C. The number of esters is 2. The molecule has 4 rings (SSSR count). The van der Waals surface area contributed by atoms with Crippen LogP contribution in [0.2, 0.25) is 5.02 Å². The highest BCUT2D eigenvalue weighted by atomic mass is 35.5. The summed E-state index contributed by atoms with van der Waals surface area (Å²) in [5.74, 6) is -1.34. The van der Waals surface area contributed by atoms with Gasteiger partial charge in [0.15, 0.2) is 17.2 Å². The van der Waals surface area contributed by atoms with E-state index in [-0.39, 0.29) is 28.1 Å². The monoisotopic (exact) mass is 465 g/mol. The Balaban J connectivity index is 1.63. The summed E-state index contributed by atoms with van der Waals surface area (Å²) in [6, 6.07) is 15.5. The van der Waals surface area contributed by atoms with Gasteiger partial charge in [0.25, 0.3) is 0 Å². The van der Waals surface area contributed by atoms with Gasteiger partial charge < -0.3 is 14.2 Å². The van der Waals surface area contributed by atoms with E-state index in [4.69, 9.17) is 25.8 Å². The molecule has 0 amide bonds. The topological polar surface area (TPSA) is 74.2 Å². The van der Waals surface area contributed by atoms with Crippen LogP contribution in [0.3, 0.4) is 0 Å². The summed E-state index contributed by atoms with van der Waals surface area (Å²) in [5, 5.41) is 0.109. The summed E-state index contributed by atoms with van der Waals surface area (Å²) in [5.41, 5.74) is 2.12. The highest BCUT2D eigenvalue weighted by Gasteiger charge is 2.25. The van der Waals surface area contributed by atoms with Crippen LogP contribution < -0.4 is 9.47 Å². The number of rotatable bonds is 5. The van der Waals surface area contributed by atoms with E-state index >= 15 is 0 Å². The third kappa shape index (κ3) is 4.78. The molecule has 0 unspecified atom stereocenters. The Morgan fingerprint density at radius 3 is 2.55 bits per heavy atom. The molecular weight excluding hydrogens is 449 g/mol. The second kappa shape index (κ2) is 9.26. The number of benzene rings is 3. The molecule has 1 aliphatic rings. The number of carbonyl (C=O) groups excluding carboxylic acids is 2. The van der Waals surface area contributed by atoms with Gasteiger partial charge in [0.2, 0.25) is 5.90 Å². The molecule has 0 aliphatic carbocycles. The van der Waals surface area contributed by atoms with Crippen LogP contribution in [0.4, 0.5) is 4.39 Å². The molecule has 1 aliphatic heterocycles. The molecule has 0 N–H and O–H groups in total. The molecule has 0 saturated carbocycles. The number of methoxy groups -OCH3 is 1. The number of nitrogens with zero attached hydrogens (tertiary/aromatic N) is 1. The summed E-state index contributed by atoms with van der Waals surface area (Å²) >= 11 is 6.37. The molecule has 0 aromatic heterocycles. The van der Waals surface area contributed by atoms with Crippen molar-refractivity contribution in [3.63, 3.8) is 0 Å². The van der Waals surface area contributed by atoms with Gasteiger partial charge in [-0.3, -0.25) is 0 Å². The van der Waals surface area contributed by atoms with Crippen LogP contribution in [0.15, 0.2) is 71.4 Å². The van der Waals surface area contributed by atoms with Crippen molar-refractivity contribution in [1.29, 1.82) is 0 Å². The summed E-state index contributed by atoms with van der Waals surface area (Å²) < 4.78 is 29.2. The molecule has 0 radical (unpaired) electrons. The average Bonchev–Trinajstić information content (AvgIpc) is 3.16. The first-order chi connectivity index (χ1) is 15.9. The first kappa shape index (κ1) is 22.2. The highest BCUT2D eigenvalue weighted by molar-refractivity contribution is 6.32. The molecule has 6 nitrogen and oxygen atoms in total. The molecule has 0 atom stereocenters. The maximum absolute atomic E-state index is 13.1. The number of hydrogen-bond donors (Lipinski definition) is 0. The Morgan fingerprint density at radius 2 is 1.85 bits per heavy atom. The number of ether oxygens (including phenoxy) is 3. The molecule has 8 heteroatoms. The molecule has 0 bridgehead atoms. The van der Waals surface area contributed by atoms with E-state index in [0.717, 1.165) is 5.56 Å². The lowest BCUT2D eigenvalue weighted by atomic mass is 10.1. The summed E-state index contributed by atoms with van der Waals surface area (Å²) in [6.45, 7) is 1.80. The predicted molar refractivity (Wildman–Crippen MR) is 121 cm³/mol. The Bertz CT molecular complexity index is 1310. The summed E-state index contributed by atoms with van der Waals surface area (Å²) in [4.78, 5) is 29.0. The minimum atomic E-state index is -0.667. The maximum Gasteiger partial charge on any atom is 0.363 e. The van der Waals surface area contributed by atoms with Crippen LogP contribution in [-0.2, 0) is 9.53 Å². The van der Waals surface area contributed by atoms with Crippen molar-refractivity contribution in [2.24, 2.45) is 4.99 Å². The first-order valence-electron chi connectivity index (χ1n) is 9.79. The smallest absolute Gasteiger partial charge is 0.363 e. The van der Waals surface area contributed by atoms with Crippen LogP contribution in [0.25, 0.3) is 6.08 Å². The second-order valence-electron chi connectivity index (χ2n) is 7.08. The Hall–Kier alpha value is -3.97. The number of aliphatic imine (C=N–C) groups is 1. The van der Waals surface area contributed by atoms with Crippen LogP contribution in [0.1, 0.15) is 27.0 Å². The van der Waals surface area contributed by atoms with Crippen molar-refractivity contribution in [1.82, 2.24) is 0 Å². The van der Waals surface area contributed by atoms with Crippen molar-refractivity contribution in [2.45, 2.75) is 6.92 Å². The van der Waals surface area contributed by atoms with Gasteiger partial charge in [0.05, 0.1) is 17.7 Å². The third-order valence-corrected chi connectivity index (χ3v) is 5.11. The van der Waals surface area contributed by atoms with Crippen LogP contribution in [0.5, 0.6) is 11.5 Å². The zero-order valence-electron chi connectivity index (χ0n) is 17.6. The van der Waals surface area contributed by atoms with Crippen molar-refractivity contribution in [2.75, 3.05) is 7.11 Å². The van der Waals surface area contributed by atoms with Gasteiger partial charge >= 0.3 is 11.9 Å². The van der Waals surface area contributed by atoms with Gasteiger partial charge in [0.1, 0.15) is 5.82 Å². The Kier molecular flexibility index (Phi) is 6.24. The van der Waals surface area contributed by atoms with Gasteiger partial charge in [-0.15, -0.1) is 0 Å². The van der Waals surface area contributed by atoms with Gasteiger partial charge in [-0.25, -0.2) is 19.0 Å². The fourth-order valence-corrected chi connectivity index (χ4v) is 3.41. The van der Waals surface area contributed by atoms with Gasteiger partial charge in [-0.2, -0.15) is 0 Å². The number of carbonyl (C=O) groups is 2. The molecule has 3 aromatic rings. The highest BCUT2D eigenvalue weighted by Crippen LogP contribution is 2.38. The number of hydrogen-bond acceptors (Lipinski definition) is 6. The quantitative estimate of drug-likeness (QED) is 0.288. The van der Waals surface area contributed by atoms with E-state index in [1.165, 1.54) is 43.5 Å². The average molecular weight is 466 g/mol. The standard InChI is InChI=1S/C25H17ClFNO5/c1-14-5-3-4-6-18(14)24(29)32-22-19(26)11-15(13-21(22)31-2)12-20-25(30)33-23(28-20)16-7-9-17(27)10-8-16/h3-13H,1-2H3/b20-12-. The Morgan fingerprint density at radius 1 is 1.12 bits per heavy atom. The van der Waals surface area contributed by atoms with Crippen LogP contribution in [0, 0.1) is 12.7 Å². The Labute approximate surface area is 193 Å². The van der Waals surface area contributed by atoms with Crippen molar-refractivity contribution in [3.05, 3.63) is 99.5 Å². The number of cyclic esters (lactones) is 1. The fraction of sp³-hybridized carbons (Fsp3) is 0.0800. The fourth-order valence-electron chi connectivity index (χ4n) is 3.15. The van der Waals surface area contributed by atoms with Gasteiger partial charge in [0, 0.05) is 5.56 Å². The molecule has 0 spiro atoms. The lowest BCUT2D eigenvalue weighted by molar-refractivity contribution is -0.129. The maximum atomic E-state index is 13.1. The lowest BCUT2D eigenvalue weighted by Gasteiger charge is -2.13. The second-order valence-corrected chi connectivity index (χ2v) is 7.49. The van der Waals surface area contributed by atoms with E-state index in [0.29, 0.717) is 16.7 Å². The van der Waals surface area contributed by atoms with E-state index in [9.17, 15) is 14.0 Å². The number of aryl methyl sites for hydroxylation is 1. The minimum Gasteiger partial charge on any atom is -0.493 e. The normalized spacial score (nSPS) is 14.1. The van der Waals surface area contributed by atoms with Crippen LogP contribution >= 0.6 is 11.6 Å². The zero-order valence-corrected chi connectivity index (χ0v) is 18.4. The molecule has 0 saturated heterocycles. The summed E-state index contributed by atoms with van der Waals surface area (Å²) in [7, 11) is 1.41. The van der Waals surface area contributed by atoms with E-state index < -0.39 is 17.8 Å². The third-order valence-electron chi connectivity index (χ3n) is 4.83. The molecular formula is C25H17ClFNO5. The van der Waals surface area contributed by atoms with E-state index in [1.807, 2.05) is 6.07 Å². The lowest BCUT2D eigenvalue weighted by Crippen LogP contribution is -2.11. The van der Waals surface area contributed by atoms with E-state index in [1.54, 1.807) is 31.2 Å². The molecule has 1 heterocycles. The van der Waals surface area contributed by atoms with Gasteiger partial charge in [-0.05, 0) is 66.6 Å². The van der Waals surface area contributed by atoms with E-state index in [2.05, 4.69) is 4.99 Å². The van der Waals surface area contributed by atoms with Crippen LogP contribution in [-0.4, -0.2) is 24.9 Å². The minimum absolute atomic E-state index is 0.0251. The molecule has 166 valence electrons. The first-order valence-corrected chi connectivity index (χ1v) is 10.2. The zero-order chi connectivity index (χ0) is 23.5. The van der Waals surface area contributed by atoms with Gasteiger partial charge in [-0.1, -0.05) is 29.8 Å².